The molecule has 2 nitrogen and oxygen atoms in total. The molecule has 22 heavy (non-hydrogen) atoms. The normalized spacial score (nSPS) is 34.9. The van der Waals surface area contributed by atoms with Crippen LogP contribution in [-0.2, 0) is 4.79 Å². The monoisotopic (exact) mass is 306 g/mol. The maximum Gasteiger partial charge on any atom is 0.328 e. The van der Waals surface area contributed by atoms with Crippen molar-refractivity contribution >= 4 is 5.97 Å². The summed E-state index contributed by atoms with van der Waals surface area (Å²) < 4.78 is 0. The SMILES string of the molecule is CC(C)CCC[C@@H](C)[C@H]1CCC2/C(=C\C(=O)O)CCC[C@@]21C. The molecule has 0 aromatic heterocycles. The van der Waals surface area contributed by atoms with Gasteiger partial charge in [0.25, 0.3) is 0 Å². The molecule has 4 atom stereocenters. The Kier molecular flexibility index (Phi) is 5.74. The second kappa shape index (κ2) is 7.19. The highest BCUT2D eigenvalue weighted by atomic mass is 16.4. The molecule has 2 rings (SSSR count). The summed E-state index contributed by atoms with van der Waals surface area (Å²) in [6.45, 7) is 9.50. The number of carbonyl (C=O) groups is 1. The summed E-state index contributed by atoms with van der Waals surface area (Å²) in [6, 6.07) is 0. The zero-order valence-corrected chi connectivity index (χ0v) is 14.9. The van der Waals surface area contributed by atoms with Crippen molar-refractivity contribution in [1.29, 1.82) is 0 Å². The lowest BCUT2D eigenvalue weighted by atomic mass is 9.60. The summed E-state index contributed by atoms with van der Waals surface area (Å²) in [5, 5.41) is 9.14. The number of hydrogen-bond acceptors (Lipinski definition) is 1. The molecule has 2 aliphatic rings. The largest absolute Gasteiger partial charge is 0.478 e. The zero-order chi connectivity index (χ0) is 16.3. The van der Waals surface area contributed by atoms with Gasteiger partial charge in [-0.05, 0) is 61.2 Å². The Morgan fingerprint density at radius 3 is 2.68 bits per heavy atom. The van der Waals surface area contributed by atoms with Crippen LogP contribution in [0.5, 0.6) is 0 Å². The number of aliphatic carboxylic acids is 1. The fourth-order valence-electron chi connectivity index (χ4n) is 5.40. The van der Waals surface area contributed by atoms with E-state index in [1.807, 2.05) is 0 Å². The van der Waals surface area contributed by atoms with Gasteiger partial charge >= 0.3 is 5.97 Å². The van der Waals surface area contributed by atoms with E-state index in [9.17, 15) is 4.79 Å². The van der Waals surface area contributed by atoms with Crippen LogP contribution >= 0.6 is 0 Å². The predicted octanol–water partition coefficient (Wildman–Crippen LogP) is 5.68. The van der Waals surface area contributed by atoms with Gasteiger partial charge in [-0.25, -0.2) is 4.79 Å². The van der Waals surface area contributed by atoms with E-state index >= 15 is 0 Å². The number of rotatable bonds is 6. The molecule has 0 radical (unpaired) electrons. The molecule has 2 saturated carbocycles. The maximum atomic E-state index is 11.1. The highest BCUT2D eigenvalue weighted by molar-refractivity contribution is 5.80. The number of allylic oxidation sites excluding steroid dienone is 1. The molecule has 126 valence electrons. The third-order valence-corrected chi connectivity index (χ3v) is 6.47. The molecule has 0 aliphatic heterocycles. The van der Waals surface area contributed by atoms with Gasteiger partial charge in [0.15, 0.2) is 0 Å². The predicted molar refractivity (Wildman–Crippen MR) is 91.7 cm³/mol. The molecule has 0 aromatic carbocycles. The van der Waals surface area contributed by atoms with Gasteiger partial charge in [0.05, 0.1) is 0 Å². The van der Waals surface area contributed by atoms with Crippen molar-refractivity contribution in [2.24, 2.45) is 29.1 Å². The van der Waals surface area contributed by atoms with E-state index in [0.717, 1.165) is 24.2 Å². The molecular formula is C20H34O2. The van der Waals surface area contributed by atoms with Crippen LogP contribution in [0.4, 0.5) is 0 Å². The minimum Gasteiger partial charge on any atom is -0.478 e. The molecule has 0 spiro atoms. The van der Waals surface area contributed by atoms with Crippen molar-refractivity contribution in [2.45, 2.75) is 79.1 Å². The van der Waals surface area contributed by atoms with Crippen LogP contribution in [0.1, 0.15) is 79.1 Å². The number of carboxylic acids is 1. The van der Waals surface area contributed by atoms with Crippen molar-refractivity contribution in [1.82, 2.24) is 0 Å². The molecule has 1 unspecified atom stereocenters. The Bertz CT molecular complexity index is 423. The lowest BCUT2D eigenvalue weighted by molar-refractivity contribution is -0.131. The lowest BCUT2D eigenvalue weighted by Crippen LogP contribution is -2.36. The molecule has 0 amide bonds. The van der Waals surface area contributed by atoms with Crippen molar-refractivity contribution in [2.75, 3.05) is 0 Å². The Balaban J connectivity index is 2.05. The highest BCUT2D eigenvalue weighted by Gasteiger charge is 2.50. The molecular weight excluding hydrogens is 272 g/mol. The standard InChI is InChI=1S/C20H34O2/c1-14(2)7-5-8-15(3)17-10-11-18-16(13-19(21)22)9-6-12-20(17,18)4/h13-15,17-18H,5-12H2,1-4H3,(H,21,22)/b16-13-/t15-,17-,18?,20-/m1/s1. The van der Waals surface area contributed by atoms with Crippen molar-refractivity contribution in [3.05, 3.63) is 11.6 Å². The second-order valence-electron chi connectivity index (χ2n) is 8.46. The van der Waals surface area contributed by atoms with Crippen LogP contribution in [0.15, 0.2) is 11.6 Å². The number of carboxylic acid groups (broad SMARTS) is 1. The van der Waals surface area contributed by atoms with Crippen molar-refractivity contribution in [3.63, 3.8) is 0 Å². The van der Waals surface area contributed by atoms with Gasteiger partial charge in [-0.3, -0.25) is 0 Å². The summed E-state index contributed by atoms with van der Waals surface area (Å²) in [5.74, 6) is 2.13. The summed E-state index contributed by atoms with van der Waals surface area (Å²) >= 11 is 0. The minimum absolute atomic E-state index is 0.344. The molecule has 0 bridgehead atoms. The van der Waals surface area contributed by atoms with Crippen molar-refractivity contribution < 1.29 is 9.90 Å². The van der Waals surface area contributed by atoms with Crippen molar-refractivity contribution in [3.8, 4) is 0 Å². The summed E-state index contributed by atoms with van der Waals surface area (Å²) in [4.78, 5) is 11.1. The topological polar surface area (TPSA) is 37.3 Å². The first-order valence-electron chi connectivity index (χ1n) is 9.28. The van der Waals surface area contributed by atoms with Gasteiger partial charge in [-0.15, -0.1) is 0 Å². The molecule has 0 aromatic rings. The first kappa shape index (κ1) is 17.6. The fourth-order valence-corrected chi connectivity index (χ4v) is 5.40. The average Bonchev–Trinajstić information content (AvgIpc) is 2.75. The molecule has 2 aliphatic carbocycles. The van der Waals surface area contributed by atoms with E-state index in [-0.39, 0.29) is 0 Å². The maximum absolute atomic E-state index is 11.1. The van der Waals surface area contributed by atoms with Crippen LogP contribution in [0, 0.1) is 29.1 Å². The van der Waals surface area contributed by atoms with Gasteiger partial charge in [-0.1, -0.05) is 52.5 Å². The van der Waals surface area contributed by atoms with E-state index < -0.39 is 5.97 Å². The second-order valence-corrected chi connectivity index (χ2v) is 8.46. The highest BCUT2D eigenvalue weighted by Crippen LogP contribution is 2.59. The van der Waals surface area contributed by atoms with E-state index in [1.54, 1.807) is 0 Å². The fraction of sp³-hybridized carbons (Fsp3) is 0.850. The molecule has 2 heteroatoms. The van der Waals surface area contributed by atoms with E-state index in [1.165, 1.54) is 56.6 Å². The first-order valence-corrected chi connectivity index (χ1v) is 9.28. The van der Waals surface area contributed by atoms with E-state index in [2.05, 4.69) is 27.7 Å². The number of hydrogen-bond donors (Lipinski definition) is 1. The van der Waals surface area contributed by atoms with Crippen LogP contribution in [-0.4, -0.2) is 11.1 Å². The molecule has 2 fully saturated rings. The summed E-state index contributed by atoms with van der Waals surface area (Å²) in [6.07, 6.45) is 11.5. The Hall–Kier alpha value is -0.790. The van der Waals surface area contributed by atoms with Crippen LogP contribution in [0.25, 0.3) is 0 Å². The molecule has 0 saturated heterocycles. The summed E-state index contributed by atoms with van der Waals surface area (Å²) in [7, 11) is 0. The zero-order valence-electron chi connectivity index (χ0n) is 14.9. The number of fused-ring (bicyclic) bond motifs is 1. The van der Waals surface area contributed by atoms with Crippen LogP contribution in [0.2, 0.25) is 0 Å². The van der Waals surface area contributed by atoms with Gasteiger partial charge in [-0.2, -0.15) is 0 Å². The summed E-state index contributed by atoms with van der Waals surface area (Å²) in [5.41, 5.74) is 1.56. The van der Waals surface area contributed by atoms with E-state index in [0.29, 0.717) is 11.3 Å². The first-order chi connectivity index (χ1) is 10.3. The molecule has 0 heterocycles. The van der Waals surface area contributed by atoms with Gasteiger partial charge in [0.1, 0.15) is 0 Å². The average molecular weight is 306 g/mol. The Morgan fingerprint density at radius 1 is 1.32 bits per heavy atom. The smallest absolute Gasteiger partial charge is 0.328 e. The third kappa shape index (κ3) is 3.75. The quantitative estimate of drug-likeness (QED) is 0.641. The lowest BCUT2D eigenvalue weighted by Gasteiger charge is -2.44. The van der Waals surface area contributed by atoms with Gasteiger partial charge in [0.2, 0.25) is 0 Å². The van der Waals surface area contributed by atoms with Crippen LogP contribution in [0.3, 0.4) is 0 Å². The third-order valence-electron chi connectivity index (χ3n) is 6.47. The van der Waals surface area contributed by atoms with Crippen LogP contribution < -0.4 is 0 Å². The Labute approximate surface area is 136 Å². The van der Waals surface area contributed by atoms with E-state index in [4.69, 9.17) is 5.11 Å². The minimum atomic E-state index is -0.757. The Morgan fingerprint density at radius 2 is 2.05 bits per heavy atom. The van der Waals surface area contributed by atoms with Gasteiger partial charge < -0.3 is 5.11 Å². The van der Waals surface area contributed by atoms with Gasteiger partial charge in [0, 0.05) is 6.08 Å². The molecule has 1 N–H and O–H groups in total.